The highest BCUT2D eigenvalue weighted by Crippen LogP contribution is 2.25. The average molecular weight is 296 g/mol. The molecule has 116 valence electrons. The summed E-state index contributed by atoms with van der Waals surface area (Å²) in [5.41, 5.74) is 2.13. The zero-order valence-corrected chi connectivity index (χ0v) is 13.4. The number of nitrogens with one attached hydrogen (secondary N) is 1. The SMILES string of the molecule is CCC(C)Nc1cc(-c2ccccc2)nc(N2CCCC2)n1. The monoisotopic (exact) mass is 296 g/mol. The number of nitrogens with zero attached hydrogens (tertiary/aromatic N) is 3. The zero-order valence-electron chi connectivity index (χ0n) is 13.4. The number of anilines is 2. The van der Waals surface area contributed by atoms with Crippen LogP contribution < -0.4 is 10.2 Å². The van der Waals surface area contributed by atoms with Crippen LogP contribution in [0.2, 0.25) is 0 Å². The van der Waals surface area contributed by atoms with Gasteiger partial charge in [-0.15, -0.1) is 0 Å². The second-order valence-electron chi connectivity index (χ2n) is 5.95. The molecular weight excluding hydrogens is 272 g/mol. The lowest BCUT2D eigenvalue weighted by atomic mass is 10.1. The van der Waals surface area contributed by atoms with Crippen LogP contribution in [0.25, 0.3) is 11.3 Å². The van der Waals surface area contributed by atoms with E-state index in [2.05, 4.69) is 54.4 Å². The summed E-state index contributed by atoms with van der Waals surface area (Å²) in [6, 6.07) is 12.8. The van der Waals surface area contributed by atoms with Crippen LogP contribution in [0.1, 0.15) is 33.1 Å². The van der Waals surface area contributed by atoms with Crippen molar-refractivity contribution in [3.63, 3.8) is 0 Å². The molecule has 2 heterocycles. The van der Waals surface area contributed by atoms with E-state index in [1.807, 2.05) is 6.07 Å². The molecule has 0 saturated carbocycles. The van der Waals surface area contributed by atoms with Crippen molar-refractivity contribution < 1.29 is 0 Å². The Morgan fingerprint density at radius 2 is 1.86 bits per heavy atom. The fourth-order valence-corrected chi connectivity index (χ4v) is 2.68. The van der Waals surface area contributed by atoms with Crippen molar-refractivity contribution in [3.8, 4) is 11.3 Å². The molecule has 1 aromatic heterocycles. The fourth-order valence-electron chi connectivity index (χ4n) is 2.68. The molecule has 0 aliphatic carbocycles. The summed E-state index contributed by atoms with van der Waals surface area (Å²) < 4.78 is 0. The minimum Gasteiger partial charge on any atom is -0.367 e. The van der Waals surface area contributed by atoms with Crippen molar-refractivity contribution in [2.75, 3.05) is 23.3 Å². The second kappa shape index (κ2) is 6.77. The maximum atomic E-state index is 4.79. The Balaban J connectivity index is 1.97. The minimum absolute atomic E-state index is 0.407. The van der Waals surface area contributed by atoms with E-state index in [0.29, 0.717) is 6.04 Å². The highest BCUT2D eigenvalue weighted by Gasteiger charge is 2.17. The van der Waals surface area contributed by atoms with E-state index in [9.17, 15) is 0 Å². The molecule has 1 atom stereocenters. The molecule has 1 unspecified atom stereocenters. The molecule has 0 amide bonds. The van der Waals surface area contributed by atoms with E-state index < -0.39 is 0 Å². The Hall–Kier alpha value is -2.10. The molecule has 1 aliphatic rings. The summed E-state index contributed by atoms with van der Waals surface area (Å²) in [7, 11) is 0. The maximum absolute atomic E-state index is 4.79. The van der Waals surface area contributed by atoms with Gasteiger partial charge in [0.15, 0.2) is 0 Å². The van der Waals surface area contributed by atoms with Crippen LogP contribution >= 0.6 is 0 Å². The summed E-state index contributed by atoms with van der Waals surface area (Å²) in [6.07, 6.45) is 3.53. The van der Waals surface area contributed by atoms with Crippen LogP contribution in [0.4, 0.5) is 11.8 Å². The minimum atomic E-state index is 0.407. The molecule has 1 saturated heterocycles. The molecule has 0 radical (unpaired) electrons. The van der Waals surface area contributed by atoms with Gasteiger partial charge in [-0.25, -0.2) is 4.98 Å². The number of rotatable bonds is 5. The average Bonchev–Trinajstić information content (AvgIpc) is 3.10. The number of hydrogen-bond donors (Lipinski definition) is 1. The molecule has 1 N–H and O–H groups in total. The molecule has 22 heavy (non-hydrogen) atoms. The first-order chi connectivity index (χ1) is 10.8. The van der Waals surface area contributed by atoms with E-state index in [1.54, 1.807) is 0 Å². The molecule has 1 aliphatic heterocycles. The van der Waals surface area contributed by atoms with Gasteiger partial charge in [0, 0.05) is 30.8 Å². The Kier molecular flexibility index (Phi) is 4.56. The van der Waals surface area contributed by atoms with E-state index in [0.717, 1.165) is 42.5 Å². The fraction of sp³-hybridized carbons (Fsp3) is 0.444. The van der Waals surface area contributed by atoms with Gasteiger partial charge in [-0.05, 0) is 26.2 Å². The second-order valence-corrected chi connectivity index (χ2v) is 5.95. The lowest BCUT2D eigenvalue weighted by Gasteiger charge is -2.19. The Morgan fingerprint density at radius 1 is 1.14 bits per heavy atom. The standard InChI is InChI=1S/C18H24N4/c1-3-14(2)19-17-13-16(15-9-5-4-6-10-15)20-18(21-17)22-11-7-8-12-22/h4-6,9-10,13-14H,3,7-8,11-12H2,1-2H3,(H,19,20,21). The van der Waals surface area contributed by atoms with Gasteiger partial charge in [0.25, 0.3) is 0 Å². The van der Waals surface area contributed by atoms with Crippen LogP contribution in [0, 0.1) is 0 Å². The van der Waals surface area contributed by atoms with Crippen molar-refractivity contribution in [3.05, 3.63) is 36.4 Å². The molecule has 1 fully saturated rings. The Bertz CT molecular complexity index is 606. The topological polar surface area (TPSA) is 41.1 Å². The Labute approximate surface area is 132 Å². The molecule has 3 rings (SSSR count). The van der Waals surface area contributed by atoms with Gasteiger partial charge in [0.05, 0.1) is 5.69 Å². The van der Waals surface area contributed by atoms with Crippen LogP contribution in [0.5, 0.6) is 0 Å². The molecule has 4 nitrogen and oxygen atoms in total. The first kappa shape index (κ1) is 14.8. The molecule has 4 heteroatoms. The van der Waals surface area contributed by atoms with Gasteiger partial charge in [0.2, 0.25) is 5.95 Å². The van der Waals surface area contributed by atoms with E-state index >= 15 is 0 Å². The quantitative estimate of drug-likeness (QED) is 0.907. The lowest BCUT2D eigenvalue weighted by molar-refractivity contribution is 0.757. The predicted molar refractivity (Wildman–Crippen MR) is 92.3 cm³/mol. The van der Waals surface area contributed by atoms with E-state index in [-0.39, 0.29) is 0 Å². The lowest BCUT2D eigenvalue weighted by Crippen LogP contribution is -2.22. The van der Waals surface area contributed by atoms with Gasteiger partial charge < -0.3 is 10.2 Å². The summed E-state index contributed by atoms with van der Waals surface area (Å²) in [5.74, 6) is 1.77. The molecule has 0 spiro atoms. The zero-order chi connectivity index (χ0) is 15.4. The van der Waals surface area contributed by atoms with Gasteiger partial charge >= 0.3 is 0 Å². The first-order valence-corrected chi connectivity index (χ1v) is 8.22. The number of aromatic nitrogens is 2. The highest BCUT2D eigenvalue weighted by molar-refractivity contribution is 5.64. The van der Waals surface area contributed by atoms with Gasteiger partial charge in [0.1, 0.15) is 5.82 Å². The first-order valence-electron chi connectivity index (χ1n) is 8.22. The van der Waals surface area contributed by atoms with Gasteiger partial charge in [-0.3, -0.25) is 0 Å². The van der Waals surface area contributed by atoms with Crippen molar-refractivity contribution >= 4 is 11.8 Å². The smallest absolute Gasteiger partial charge is 0.227 e. The summed E-state index contributed by atoms with van der Waals surface area (Å²) in [6.45, 7) is 6.47. The molecular formula is C18H24N4. The van der Waals surface area contributed by atoms with Crippen LogP contribution in [-0.2, 0) is 0 Å². The van der Waals surface area contributed by atoms with Crippen LogP contribution in [-0.4, -0.2) is 29.1 Å². The van der Waals surface area contributed by atoms with Crippen molar-refractivity contribution in [1.82, 2.24) is 9.97 Å². The third-order valence-corrected chi connectivity index (χ3v) is 4.18. The maximum Gasteiger partial charge on any atom is 0.227 e. The predicted octanol–water partition coefficient (Wildman–Crippen LogP) is 3.95. The molecule has 0 bridgehead atoms. The number of benzene rings is 1. The van der Waals surface area contributed by atoms with Crippen LogP contribution in [0.15, 0.2) is 36.4 Å². The van der Waals surface area contributed by atoms with Crippen molar-refractivity contribution in [1.29, 1.82) is 0 Å². The third-order valence-electron chi connectivity index (χ3n) is 4.18. The third kappa shape index (κ3) is 3.38. The largest absolute Gasteiger partial charge is 0.367 e. The van der Waals surface area contributed by atoms with E-state index in [4.69, 9.17) is 9.97 Å². The summed E-state index contributed by atoms with van der Waals surface area (Å²) in [5, 5.41) is 3.49. The summed E-state index contributed by atoms with van der Waals surface area (Å²) in [4.78, 5) is 11.8. The normalized spacial score (nSPS) is 15.8. The van der Waals surface area contributed by atoms with Gasteiger partial charge in [-0.1, -0.05) is 37.3 Å². The number of hydrogen-bond acceptors (Lipinski definition) is 4. The van der Waals surface area contributed by atoms with E-state index in [1.165, 1.54) is 12.8 Å². The van der Waals surface area contributed by atoms with Gasteiger partial charge in [-0.2, -0.15) is 4.98 Å². The van der Waals surface area contributed by atoms with Crippen molar-refractivity contribution in [2.45, 2.75) is 39.2 Å². The Morgan fingerprint density at radius 3 is 2.55 bits per heavy atom. The summed E-state index contributed by atoms with van der Waals surface area (Å²) >= 11 is 0. The molecule has 1 aromatic carbocycles. The molecule has 2 aromatic rings. The van der Waals surface area contributed by atoms with Crippen molar-refractivity contribution in [2.24, 2.45) is 0 Å². The highest BCUT2D eigenvalue weighted by atomic mass is 15.3. The van der Waals surface area contributed by atoms with Crippen LogP contribution in [0.3, 0.4) is 0 Å².